The van der Waals surface area contributed by atoms with E-state index in [1.807, 2.05) is 0 Å². The van der Waals surface area contributed by atoms with E-state index in [0.717, 1.165) is 13.0 Å². The topological polar surface area (TPSA) is 89.3 Å². The third-order valence-electron chi connectivity index (χ3n) is 2.80. The van der Waals surface area contributed by atoms with Crippen LogP contribution in [0.25, 0.3) is 0 Å². The van der Waals surface area contributed by atoms with Crippen LogP contribution in [0.3, 0.4) is 0 Å². The Morgan fingerprint density at radius 2 is 1.95 bits per heavy atom. The Labute approximate surface area is 138 Å². The molecule has 0 saturated heterocycles. The second kappa shape index (κ2) is 11.9. The molecule has 0 aliphatic heterocycles. The molecule has 1 heterocycles. The fourth-order valence-corrected chi connectivity index (χ4v) is 1.74. The molecule has 0 radical (unpaired) electrons. The Balaban J connectivity index is 0.00000361. The summed E-state index contributed by atoms with van der Waals surface area (Å²) in [7, 11) is 0. The lowest BCUT2D eigenvalue weighted by molar-refractivity contribution is 0.387. The SMILES string of the molecule is CCCCCCCCNC(N)=NCc1noc(C)n1.I. The van der Waals surface area contributed by atoms with Gasteiger partial charge in [0.15, 0.2) is 11.8 Å². The molecule has 0 bridgehead atoms. The number of unbranched alkanes of at least 4 members (excludes halogenated alkanes) is 5. The smallest absolute Gasteiger partial charge is 0.223 e. The molecule has 1 rings (SSSR count). The van der Waals surface area contributed by atoms with Crippen molar-refractivity contribution in [2.24, 2.45) is 10.7 Å². The fraction of sp³-hybridized carbons (Fsp3) is 0.769. The fourth-order valence-electron chi connectivity index (χ4n) is 1.74. The van der Waals surface area contributed by atoms with Gasteiger partial charge in [-0.1, -0.05) is 44.2 Å². The maximum atomic E-state index is 5.74. The second-order valence-corrected chi connectivity index (χ2v) is 4.63. The number of nitrogens with one attached hydrogen (secondary N) is 1. The third-order valence-corrected chi connectivity index (χ3v) is 2.80. The summed E-state index contributed by atoms with van der Waals surface area (Å²) in [6, 6.07) is 0. The molecule has 0 spiro atoms. The van der Waals surface area contributed by atoms with E-state index < -0.39 is 0 Å². The van der Waals surface area contributed by atoms with Crippen LogP contribution < -0.4 is 11.1 Å². The molecule has 0 atom stereocenters. The molecule has 20 heavy (non-hydrogen) atoms. The minimum Gasteiger partial charge on any atom is -0.370 e. The first kappa shape index (κ1) is 19.1. The summed E-state index contributed by atoms with van der Waals surface area (Å²) in [6.07, 6.45) is 7.62. The number of aryl methyl sites for hydroxylation is 1. The molecular weight excluding hydrogens is 369 g/mol. The first-order valence-electron chi connectivity index (χ1n) is 7.05. The van der Waals surface area contributed by atoms with E-state index in [2.05, 4.69) is 27.4 Å². The van der Waals surface area contributed by atoms with Gasteiger partial charge < -0.3 is 15.6 Å². The van der Waals surface area contributed by atoms with Gasteiger partial charge in [0.1, 0.15) is 6.54 Å². The number of hydrogen-bond donors (Lipinski definition) is 2. The van der Waals surface area contributed by atoms with Crippen molar-refractivity contribution < 1.29 is 4.52 Å². The van der Waals surface area contributed by atoms with Crippen molar-refractivity contribution in [2.45, 2.75) is 58.9 Å². The minimum atomic E-state index is 0. The van der Waals surface area contributed by atoms with E-state index in [9.17, 15) is 0 Å². The van der Waals surface area contributed by atoms with E-state index in [4.69, 9.17) is 10.3 Å². The summed E-state index contributed by atoms with van der Waals surface area (Å²) in [5.41, 5.74) is 5.74. The van der Waals surface area contributed by atoms with Gasteiger partial charge in [-0.05, 0) is 6.42 Å². The number of nitrogens with two attached hydrogens (primary N) is 1. The van der Waals surface area contributed by atoms with Gasteiger partial charge >= 0.3 is 0 Å². The van der Waals surface area contributed by atoms with Gasteiger partial charge in [0.25, 0.3) is 0 Å². The number of guanidine groups is 1. The van der Waals surface area contributed by atoms with E-state index in [1.165, 1.54) is 32.1 Å². The Morgan fingerprint density at radius 1 is 1.25 bits per heavy atom. The molecule has 0 unspecified atom stereocenters. The number of halogens is 1. The standard InChI is InChI=1S/C13H25N5O.HI/c1-3-4-5-6-7-8-9-15-13(14)16-10-12-17-11(2)19-18-12;/h3-10H2,1-2H3,(H3,14,15,16);1H. The molecule has 0 aliphatic carbocycles. The van der Waals surface area contributed by atoms with Gasteiger partial charge in [-0.2, -0.15) is 4.98 Å². The summed E-state index contributed by atoms with van der Waals surface area (Å²) in [5.74, 6) is 1.54. The Morgan fingerprint density at radius 3 is 2.60 bits per heavy atom. The highest BCUT2D eigenvalue weighted by atomic mass is 127. The Kier molecular flexibility index (Phi) is 11.4. The first-order chi connectivity index (χ1) is 9.22. The van der Waals surface area contributed by atoms with E-state index in [-0.39, 0.29) is 24.0 Å². The highest BCUT2D eigenvalue weighted by molar-refractivity contribution is 14.0. The number of rotatable bonds is 9. The van der Waals surface area contributed by atoms with Gasteiger partial charge in [-0.15, -0.1) is 24.0 Å². The van der Waals surface area contributed by atoms with E-state index >= 15 is 0 Å². The van der Waals surface area contributed by atoms with Crippen molar-refractivity contribution in [1.29, 1.82) is 0 Å². The Bertz CT molecular complexity index is 381. The molecule has 0 aliphatic rings. The quantitative estimate of drug-likeness (QED) is 0.291. The van der Waals surface area contributed by atoms with Crippen LogP contribution in [-0.2, 0) is 6.54 Å². The normalized spacial score (nSPS) is 11.2. The maximum absolute atomic E-state index is 5.74. The van der Waals surface area contributed by atoms with Crippen molar-refractivity contribution in [3.8, 4) is 0 Å². The molecule has 0 saturated carbocycles. The lowest BCUT2D eigenvalue weighted by atomic mass is 10.1. The summed E-state index contributed by atoms with van der Waals surface area (Å²) >= 11 is 0. The molecule has 6 nitrogen and oxygen atoms in total. The molecule has 3 N–H and O–H groups in total. The van der Waals surface area contributed by atoms with Crippen molar-refractivity contribution >= 4 is 29.9 Å². The predicted octanol–water partition coefficient (Wildman–Crippen LogP) is 2.76. The summed E-state index contributed by atoms with van der Waals surface area (Å²) in [4.78, 5) is 8.21. The molecule has 1 aromatic heterocycles. The Hall–Kier alpha value is -0.860. The van der Waals surface area contributed by atoms with E-state index in [1.54, 1.807) is 6.92 Å². The van der Waals surface area contributed by atoms with Crippen LogP contribution in [-0.4, -0.2) is 22.6 Å². The zero-order chi connectivity index (χ0) is 13.9. The number of hydrogen-bond acceptors (Lipinski definition) is 4. The lowest BCUT2D eigenvalue weighted by Crippen LogP contribution is -2.32. The van der Waals surface area contributed by atoms with Gasteiger partial charge in [-0.25, -0.2) is 4.99 Å². The molecule has 1 aromatic rings. The molecular formula is C13H26IN5O. The highest BCUT2D eigenvalue weighted by Gasteiger charge is 2.00. The summed E-state index contributed by atoms with van der Waals surface area (Å²) < 4.78 is 4.85. The maximum Gasteiger partial charge on any atom is 0.223 e. The van der Waals surface area contributed by atoms with Crippen molar-refractivity contribution in [2.75, 3.05) is 6.54 Å². The molecule has 116 valence electrons. The molecule has 0 fully saturated rings. The number of nitrogens with zero attached hydrogens (tertiary/aromatic N) is 3. The van der Waals surface area contributed by atoms with Crippen LogP contribution in [0.15, 0.2) is 9.52 Å². The average molecular weight is 395 g/mol. The second-order valence-electron chi connectivity index (χ2n) is 4.63. The highest BCUT2D eigenvalue weighted by Crippen LogP contribution is 2.04. The zero-order valence-electron chi connectivity index (χ0n) is 12.4. The first-order valence-corrected chi connectivity index (χ1v) is 7.05. The van der Waals surface area contributed by atoms with Crippen LogP contribution in [0.4, 0.5) is 0 Å². The summed E-state index contributed by atoms with van der Waals surface area (Å²) in [6.45, 7) is 5.20. The van der Waals surface area contributed by atoms with Crippen LogP contribution >= 0.6 is 24.0 Å². The minimum absolute atomic E-state index is 0. The zero-order valence-corrected chi connectivity index (χ0v) is 14.7. The van der Waals surface area contributed by atoms with Crippen LogP contribution in [0.2, 0.25) is 0 Å². The van der Waals surface area contributed by atoms with Crippen molar-refractivity contribution in [1.82, 2.24) is 15.5 Å². The van der Waals surface area contributed by atoms with Crippen molar-refractivity contribution in [3.05, 3.63) is 11.7 Å². The molecule has 7 heteroatoms. The predicted molar refractivity (Wildman–Crippen MR) is 91.2 cm³/mol. The van der Waals surface area contributed by atoms with Gasteiger partial charge in [0.2, 0.25) is 5.89 Å². The van der Waals surface area contributed by atoms with Crippen molar-refractivity contribution in [3.63, 3.8) is 0 Å². The van der Waals surface area contributed by atoms with Gasteiger partial charge in [0.05, 0.1) is 0 Å². The summed E-state index contributed by atoms with van der Waals surface area (Å²) in [5, 5.41) is 6.84. The number of aromatic nitrogens is 2. The van der Waals surface area contributed by atoms with Gasteiger partial charge in [0, 0.05) is 13.5 Å². The lowest BCUT2D eigenvalue weighted by Gasteiger charge is -2.04. The van der Waals surface area contributed by atoms with Crippen LogP contribution in [0, 0.1) is 6.92 Å². The van der Waals surface area contributed by atoms with Gasteiger partial charge in [-0.3, -0.25) is 0 Å². The van der Waals surface area contributed by atoms with E-state index in [0.29, 0.717) is 24.2 Å². The molecule has 0 amide bonds. The molecule has 0 aromatic carbocycles. The van der Waals surface area contributed by atoms with Crippen LogP contribution in [0.5, 0.6) is 0 Å². The monoisotopic (exact) mass is 395 g/mol. The largest absolute Gasteiger partial charge is 0.370 e. The van der Waals surface area contributed by atoms with Crippen LogP contribution in [0.1, 0.15) is 57.2 Å². The average Bonchev–Trinajstić information content (AvgIpc) is 2.81. The number of aliphatic imine (C=N–C) groups is 1. The third kappa shape index (κ3) is 9.11.